The largest absolute Gasteiger partial charge is 0.464 e. The van der Waals surface area contributed by atoms with Gasteiger partial charge in [-0.1, -0.05) is 129 Å². The highest BCUT2D eigenvalue weighted by atomic mass is 16.5. The molecule has 2 N–H and O–H groups in total. The molecule has 0 aromatic heterocycles. The van der Waals surface area contributed by atoms with E-state index in [4.69, 9.17) is 14.6 Å². The van der Waals surface area contributed by atoms with Crippen LogP contribution in [0.2, 0.25) is 0 Å². The van der Waals surface area contributed by atoms with E-state index in [0.717, 1.165) is 56.9 Å². The van der Waals surface area contributed by atoms with Crippen molar-refractivity contribution in [2.75, 3.05) is 34.5 Å². The van der Waals surface area contributed by atoms with Crippen molar-refractivity contribution in [2.45, 2.75) is 196 Å². The van der Waals surface area contributed by atoms with Crippen molar-refractivity contribution in [1.82, 2.24) is 4.90 Å². The Morgan fingerprint density at radius 1 is 0.859 bits per heavy atom. The number of methoxy groups -OCH3 is 2. The molecule has 6 unspecified atom stereocenters. The summed E-state index contributed by atoms with van der Waals surface area (Å²) in [5.74, 6) is 0.0971. The van der Waals surface area contributed by atoms with Gasteiger partial charge in [0.05, 0.1) is 12.7 Å². The molecule has 1 amide bonds. The summed E-state index contributed by atoms with van der Waals surface area (Å²) in [7, 11) is 4.68. The van der Waals surface area contributed by atoms with Gasteiger partial charge in [-0.25, -0.2) is 4.79 Å². The van der Waals surface area contributed by atoms with E-state index in [9.17, 15) is 24.3 Å². The second kappa shape index (κ2) is 34.2. The molecule has 3 aliphatic carbocycles. The summed E-state index contributed by atoms with van der Waals surface area (Å²) in [5.41, 5.74) is 2.72. The number of allylic oxidation sites excluding steroid dienone is 7. The summed E-state index contributed by atoms with van der Waals surface area (Å²) >= 11 is 0. The number of amides is 1. The van der Waals surface area contributed by atoms with Crippen LogP contribution in [0.4, 0.5) is 0 Å². The van der Waals surface area contributed by atoms with Gasteiger partial charge >= 0.3 is 5.97 Å². The van der Waals surface area contributed by atoms with E-state index in [2.05, 4.69) is 31.2 Å². The third kappa shape index (κ3) is 22.3. The van der Waals surface area contributed by atoms with Crippen LogP contribution in [0.5, 0.6) is 0 Å². The molecule has 0 spiro atoms. The molecule has 0 bridgehead atoms. The molecule has 1 heterocycles. The molecule has 1 saturated heterocycles. The molecule has 10 heteroatoms. The third-order valence-electron chi connectivity index (χ3n) is 12.7. The number of esters is 1. The van der Waals surface area contributed by atoms with E-state index < -0.39 is 18.2 Å². The molecule has 0 aromatic rings. The first kappa shape index (κ1) is 60.8. The number of carbonyl (C=O) groups excluding carboxylic acids is 4. The maximum atomic E-state index is 13.1. The van der Waals surface area contributed by atoms with Crippen molar-refractivity contribution >= 4 is 23.4 Å². The molecule has 7 atom stereocenters. The molecular formula is C54H93NO9. The normalized spacial score (nSPS) is 23.0. The number of ether oxygens (including phenoxy) is 3. The first-order valence-electron chi connectivity index (χ1n) is 24.6. The van der Waals surface area contributed by atoms with Gasteiger partial charge in [0.25, 0.3) is 5.91 Å². The highest BCUT2D eigenvalue weighted by Gasteiger charge is 2.58. The number of ketones is 2. The van der Waals surface area contributed by atoms with Gasteiger partial charge in [0.1, 0.15) is 24.0 Å². The van der Waals surface area contributed by atoms with Gasteiger partial charge in [-0.15, -0.1) is 0 Å². The lowest BCUT2D eigenvalue weighted by Crippen LogP contribution is -2.50. The molecule has 4 fully saturated rings. The summed E-state index contributed by atoms with van der Waals surface area (Å²) < 4.78 is 15.0. The van der Waals surface area contributed by atoms with Crippen LogP contribution in [-0.4, -0.2) is 97.4 Å². The van der Waals surface area contributed by atoms with Crippen molar-refractivity contribution < 1.29 is 43.6 Å². The minimum Gasteiger partial charge on any atom is -0.464 e. The van der Waals surface area contributed by atoms with Gasteiger partial charge in [0.15, 0.2) is 5.78 Å². The fourth-order valence-electron chi connectivity index (χ4n) is 8.24. The number of rotatable bonds is 18. The second-order valence-corrected chi connectivity index (χ2v) is 18.5. The number of piperidine rings is 1. The molecule has 4 aliphatic rings. The molecular weight excluding hydrogens is 807 g/mol. The number of nitrogens with zero attached hydrogens (tertiary/aromatic N) is 1. The van der Waals surface area contributed by atoms with Crippen molar-refractivity contribution in [3.05, 3.63) is 59.8 Å². The Balaban J connectivity index is 0.000000990. The third-order valence-corrected chi connectivity index (χ3v) is 12.7. The minimum atomic E-state index is -1.05. The number of likely N-dealkylation sites (tertiary alicyclic amines) is 1. The van der Waals surface area contributed by atoms with Crippen molar-refractivity contribution in [3.63, 3.8) is 0 Å². The Labute approximate surface area is 390 Å². The highest BCUT2D eigenvalue weighted by Crippen LogP contribution is 2.65. The van der Waals surface area contributed by atoms with Crippen LogP contribution in [0.15, 0.2) is 59.8 Å². The first-order valence-corrected chi connectivity index (χ1v) is 24.6. The monoisotopic (exact) mass is 900 g/mol. The first-order chi connectivity index (χ1) is 30.4. The molecule has 10 nitrogen and oxygen atoms in total. The van der Waals surface area contributed by atoms with Crippen LogP contribution in [0.1, 0.15) is 172 Å². The zero-order valence-electron chi connectivity index (χ0n) is 42.7. The maximum absolute atomic E-state index is 13.1. The Morgan fingerprint density at radius 2 is 1.47 bits per heavy atom. The Morgan fingerprint density at radius 3 is 2.00 bits per heavy atom. The predicted molar refractivity (Wildman–Crippen MR) is 263 cm³/mol. The Kier molecular flexibility index (Phi) is 32.5. The van der Waals surface area contributed by atoms with E-state index in [-0.39, 0.29) is 46.8 Å². The number of hydrogen-bond acceptors (Lipinski definition) is 9. The Bertz CT molecular complexity index is 1490. The quantitative estimate of drug-likeness (QED) is 0.0595. The van der Waals surface area contributed by atoms with E-state index in [1.54, 1.807) is 39.0 Å². The lowest BCUT2D eigenvalue weighted by molar-refractivity contribution is -0.157. The van der Waals surface area contributed by atoms with Crippen LogP contribution in [0, 0.1) is 29.1 Å². The van der Waals surface area contributed by atoms with Crippen LogP contribution >= 0.6 is 0 Å². The minimum absolute atomic E-state index is 0.00518. The zero-order chi connectivity index (χ0) is 48.8. The number of Topliss-reactive ketones (excluding diaryl/α,β-unsaturated/α-hetero) is 2. The van der Waals surface area contributed by atoms with Gasteiger partial charge in [-0.05, 0) is 109 Å². The van der Waals surface area contributed by atoms with Gasteiger partial charge in [-0.2, -0.15) is 0 Å². The average Bonchev–Trinajstić information content (AvgIpc) is 4.05. The number of carbonyl (C=O) groups is 4. The van der Waals surface area contributed by atoms with Crippen molar-refractivity contribution in [2.24, 2.45) is 29.1 Å². The van der Waals surface area contributed by atoms with Gasteiger partial charge in [-0.3, -0.25) is 14.4 Å². The van der Waals surface area contributed by atoms with Gasteiger partial charge in [0.2, 0.25) is 0 Å². The maximum Gasteiger partial charge on any atom is 0.328 e. The number of fused-ring (bicyclic) bond motifs is 1. The Hall–Kier alpha value is -3.18. The zero-order valence-corrected chi connectivity index (χ0v) is 42.7. The highest BCUT2D eigenvalue weighted by molar-refractivity contribution is 5.97. The molecule has 3 saturated carbocycles. The molecule has 64 heavy (non-hydrogen) atoms. The molecule has 1 aliphatic heterocycles. The SMILES string of the molecule is C=C(C(=O)N1CCCCC1C(=O)OCC(C)C)C12CCCCC1C2.CC.CC/C(C)=C/C=C/C=C/CCC(C)C(=O)[C@H](OC)C(O)/C(C)=C/C(C)C(C)=O.COC.OC1CCCCC1. The van der Waals surface area contributed by atoms with Crippen molar-refractivity contribution in [1.29, 1.82) is 0 Å². The predicted octanol–water partition coefficient (Wildman–Crippen LogP) is 11.3. The van der Waals surface area contributed by atoms with E-state index in [1.165, 1.54) is 58.1 Å². The standard InChI is InChI=1S/C24H38O4.C20H31NO3.C6H12O.C2H6O.C2H6/c1-8-17(2)14-12-10-9-11-13-15-18(3)22(26)24(28-7)23(27)20(5)16-19(4)21(6)25;1-14(2)13-24-19(23)17-9-5-7-11-21(17)18(22)15(3)20-10-6-4-8-16(20)12-20;7-6-4-2-1-3-5-6;1-3-2;1-2/h9-12,14,16,18-19,23-24,27H,8,13,15H2,1-7H3;14,16-17H,3-13H2,1-2H3;6-7H,1-5H2;1-2H3;1-2H3/b11-9+,12-10+,17-14+,20-16+;;;;/t18?,19?,23?,24-;;;;/m0..../s1. The van der Waals surface area contributed by atoms with E-state index >= 15 is 0 Å². The van der Waals surface area contributed by atoms with Gasteiger partial charge < -0.3 is 29.3 Å². The summed E-state index contributed by atoms with van der Waals surface area (Å²) in [4.78, 5) is 51.4. The van der Waals surface area contributed by atoms with E-state index in [1.807, 2.05) is 58.9 Å². The summed E-state index contributed by atoms with van der Waals surface area (Å²) in [5, 5.41) is 19.4. The lowest BCUT2D eigenvalue weighted by atomic mass is 9.82. The second-order valence-electron chi connectivity index (χ2n) is 18.5. The number of hydrogen-bond donors (Lipinski definition) is 2. The van der Waals surface area contributed by atoms with Gasteiger partial charge in [0, 0.05) is 50.7 Å². The lowest BCUT2D eigenvalue weighted by Gasteiger charge is -2.36. The van der Waals surface area contributed by atoms with Crippen LogP contribution in [0.3, 0.4) is 0 Å². The van der Waals surface area contributed by atoms with Crippen LogP contribution in [0.25, 0.3) is 0 Å². The smallest absolute Gasteiger partial charge is 0.328 e. The van der Waals surface area contributed by atoms with Crippen LogP contribution in [-0.2, 0) is 33.4 Å². The van der Waals surface area contributed by atoms with E-state index in [0.29, 0.717) is 43.4 Å². The summed E-state index contributed by atoms with van der Waals surface area (Å²) in [6.07, 6.45) is 26.8. The molecule has 0 aromatic carbocycles. The number of aliphatic hydroxyl groups is 2. The van der Waals surface area contributed by atoms with Crippen LogP contribution < -0.4 is 0 Å². The summed E-state index contributed by atoms with van der Waals surface area (Å²) in [6.45, 7) is 24.4. The molecule has 0 radical (unpaired) electrons. The topological polar surface area (TPSA) is 140 Å². The molecule has 4 rings (SSSR count). The van der Waals surface area contributed by atoms with Crippen molar-refractivity contribution in [3.8, 4) is 0 Å². The molecule has 368 valence electrons. The average molecular weight is 900 g/mol. The fourth-order valence-corrected chi connectivity index (χ4v) is 8.24. The summed E-state index contributed by atoms with van der Waals surface area (Å²) in [6, 6.07) is -0.418. The fraction of sp³-hybridized carbons (Fsp3) is 0.741. The number of aliphatic hydroxyl groups excluding tert-OH is 2.